The Morgan fingerprint density at radius 2 is 2.14 bits per heavy atom. The molecule has 1 amide bonds. The van der Waals surface area contributed by atoms with Crippen molar-refractivity contribution >= 4 is 23.2 Å². The van der Waals surface area contributed by atoms with Crippen LogP contribution >= 0.6 is 11.6 Å². The number of hydrogen-bond donors (Lipinski definition) is 2. The first-order valence-corrected chi connectivity index (χ1v) is 6.94. The van der Waals surface area contributed by atoms with Crippen LogP contribution in [0.15, 0.2) is 41.5 Å². The van der Waals surface area contributed by atoms with Gasteiger partial charge in [0.15, 0.2) is 5.82 Å². The van der Waals surface area contributed by atoms with E-state index >= 15 is 0 Å². The summed E-state index contributed by atoms with van der Waals surface area (Å²) >= 11 is 6.02. The minimum atomic E-state index is -0.330. The second-order valence-electron chi connectivity index (χ2n) is 4.64. The van der Waals surface area contributed by atoms with E-state index in [1.54, 1.807) is 18.3 Å². The standard InChI is InChI=1S/C14H12ClN5O2/c15-10-4-2-1-3-9(10)7-12(21)17-8-11-18-19-13-14(22)16-5-6-20(11)13/h1-6H,7-8H2,(H,16,22)(H,17,21). The summed E-state index contributed by atoms with van der Waals surface area (Å²) in [5.41, 5.74) is 0.616. The average Bonchev–Trinajstić information content (AvgIpc) is 2.92. The zero-order valence-corrected chi connectivity index (χ0v) is 12.2. The highest BCUT2D eigenvalue weighted by Gasteiger charge is 2.10. The highest BCUT2D eigenvalue weighted by atomic mass is 35.5. The molecular weight excluding hydrogens is 306 g/mol. The van der Waals surface area contributed by atoms with Gasteiger partial charge in [0.2, 0.25) is 11.6 Å². The van der Waals surface area contributed by atoms with Crippen LogP contribution in [-0.4, -0.2) is 25.5 Å². The van der Waals surface area contributed by atoms with E-state index in [0.717, 1.165) is 5.56 Å². The predicted molar refractivity (Wildman–Crippen MR) is 80.6 cm³/mol. The van der Waals surface area contributed by atoms with Crippen LogP contribution in [0, 0.1) is 0 Å². The highest BCUT2D eigenvalue weighted by molar-refractivity contribution is 6.31. The highest BCUT2D eigenvalue weighted by Crippen LogP contribution is 2.15. The minimum absolute atomic E-state index is 0.175. The van der Waals surface area contributed by atoms with Crippen LogP contribution in [0.3, 0.4) is 0 Å². The zero-order valence-electron chi connectivity index (χ0n) is 11.4. The lowest BCUT2D eigenvalue weighted by Crippen LogP contribution is -2.26. The number of rotatable bonds is 4. The Morgan fingerprint density at radius 3 is 2.95 bits per heavy atom. The number of nitrogens with zero attached hydrogens (tertiary/aromatic N) is 3. The lowest BCUT2D eigenvalue weighted by molar-refractivity contribution is -0.120. The number of benzene rings is 1. The molecule has 2 N–H and O–H groups in total. The van der Waals surface area contributed by atoms with Crippen molar-refractivity contribution < 1.29 is 4.79 Å². The normalized spacial score (nSPS) is 10.8. The molecule has 0 unspecified atom stereocenters. The molecule has 0 saturated heterocycles. The van der Waals surface area contributed by atoms with Crippen LogP contribution in [0.4, 0.5) is 0 Å². The Kier molecular flexibility index (Phi) is 3.88. The number of halogens is 1. The van der Waals surface area contributed by atoms with E-state index in [0.29, 0.717) is 10.8 Å². The van der Waals surface area contributed by atoms with Gasteiger partial charge in [0.25, 0.3) is 5.56 Å². The monoisotopic (exact) mass is 317 g/mol. The van der Waals surface area contributed by atoms with E-state index in [1.807, 2.05) is 12.1 Å². The maximum atomic E-state index is 12.0. The molecular formula is C14H12ClN5O2. The molecule has 0 bridgehead atoms. The summed E-state index contributed by atoms with van der Waals surface area (Å²) < 4.78 is 1.54. The number of nitrogens with one attached hydrogen (secondary N) is 2. The van der Waals surface area contributed by atoms with E-state index in [-0.39, 0.29) is 30.1 Å². The molecule has 0 aliphatic rings. The minimum Gasteiger partial charge on any atom is -0.348 e. The molecule has 3 rings (SSSR count). The summed E-state index contributed by atoms with van der Waals surface area (Å²) in [5.74, 6) is 0.295. The first kappa shape index (κ1) is 14.3. The number of aromatic nitrogens is 4. The van der Waals surface area contributed by atoms with Gasteiger partial charge >= 0.3 is 0 Å². The van der Waals surface area contributed by atoms with E-state index < -0.39 is 0 Å². The maximum Gasteiger partial charge on any atom is 0.293 e. The quantitative estimate of drug-likeness (QED) is 0.748. The number of hydrogen-bond acceptors (Lipinski definition) is 4. The summed E-state index contributed by atoms with van der Waals surface area (Å²) in [6.07, 6.45) is 3.30. The Morgan fingerprint density at radius 1 is 1.32 bits per heavy atom. The summed E-state index contributed by atoms with van der Waals surface area (Å²) in [6, 6.07) is 7.17. The van der Waals surface area contributed by atoms with Gasteiger partial charge in [-0.2, -0.15) is 0 Å². The van der Waals surface area contributed by atoms with Crippen molar-refractivity contribution in [1.82, 2.24) is 24.9 Å². The molecule has 2 aromatic heterocycles. The molecule has 8 heteroatoms. The molecule has 7 nitrogen and oxygen atoms in total. The Balaban J connectivity index is 1.69. The number of aromatic amines is 1. The second-order valence-corrected chi connectivity index (χ2v) is 5.05. The summed E-state index contributed by atoms with van der Waals surface area (Å²) in [4.78, 5) is 26.0. The maximum absolute atomic E-state index is 12.0. The fraction of sp³-hybridized carbons (Fsp3) is 0.143. The smallest absolute Gasteiger partial charge is 0.293 e. The van der Waals surface area contributed by atoms with Crippen molar-refractivity contribution in [3.63, 3.8) is 0 Å². The molecule has 0 spiro atoms. The van der Waals surface area contributed by atoms with Gasteiger partial charge in [-0.25, -0.2) is 0 Å². The van der Waals surface area contributed by atoms with Gasteiger partial charge in [0.05, 0.1) is 13.0 Å². The SMILES string of the molecule is O=C(Cc1ccccc1Cl)NCc1nnc2c(=O)[nH]ccn12. The third-order valence-corrected chi connectivity index (χ3v) is 3.53. The van der Waals surface area contributed by atoms with Crippen molar-refractivity contribution in [2.75, 3.05) is 0 Å². The van der Waals surface area contributed by atoms with Gasteiger partial charge in [0.1, 0.15) is 0 Å². The van der Waals surface area contributed by atoms with E-state index in [9.17, 15) is 9.59 Å². The number of fused-ring (bicyclic) bond motifs is 1. The summed E-state index contributed by atoms with van der Waals surface area (Å²) in [6.45, 7) is 0.175. The van der Waals surface area contributed by atoms with Crippen molar-refractivity contribution in [1.29, 1.82) is 0 Å². The van der Waals surface area contributed by atoms with Crippen molar-refractivity contribution in [2.24, 2.45) is 0 Å². The van der Waals surface area contributed by atoms with Crippen LogP contribution in [0.5, 0.6) is 0 Å². The number of carbonyl (C=O) groups excluding carboxylic acids is 1. The van der Waals surface area contributed by atoms with Gasteiger partial charge in [-0.1, -0.05) is 29.8 Å². The van der Waals surface area contributed by atoms with Crippen LogP contribution in [0.25, 0.3) is 5.65 Å². The molecule has 0 fully saturated rings. The predicted octanol–water partition coefficient (Wildman–Crippen LogP) is 0.930. The van der Waals surface area contributed by atoms with Crippen molar-refractivity contribution in [2.45, 2.75) is 13.0 Å². The molecule has 3 aromatic rings. The lowest BCUT2D eigenvalue weighted by atomic mass is 10.1. The number of carbonyl (C=O) groups is 1. The van der Waals surface area contributed by atoms with Gasteiger partial charge < -0.3 is 10.3 Å². The van der Waals surface area contributed by atoms with E-state index in [2.05, 4.69) is 20.5 Å². The van der Waals surface area contributed by atoms with Gasteiger partial charge in [0, 0.05) is 17.4 Å². The van der Waals surface area contributed by atoms with Crippen LogP contribution in [-0.2, 0) is 17.8 Å². The Bertz CT molecular complexity index is 886. The van der Waals surface area contributed by atoms with Crippen LogP contribution in [0.1, 0.15) is 11.4 Å². The van der Waals surface area contributed by atoms with E-state index in [1.165, 1.54) is 10.6 Å². The molecule has 0 aliphatic heterocycles. The number of amides is 1. The average molecular weight is 318 g/mol. The topological polar surface area (TPSA) is 92.2 Å². The Hall–Kier alpha value is -2.67. The van der Waals surface area contributed by atoms with Crippen molar-refractivity contribution in [3.8, 4) is 0 Å². The molecule has 1 aromatic carbocycles. The third kappa shape index (κ3) is 2.84. The van der Waals surface area contributed by atoms with Crippen LogP contribution < -0.4 is 10.9 Å². The molecule has 0 saturated carbocycles. The first-order chi connectivity index (χ1) is 10.6. The van der Waals surface area contributed by atoms with Crippen molar-refractivity contribution in [3.05, 3.63) is 63.4 Å². The molecule has 0 aliphatic carbocycles. The molecule has 2 heterocycles. The van der Waals surface area contributed by atoms with Gasteiger partial charge in [-0.3, -0.25) is 14.0 Å². The Labute approximate surface area is 130 Å². The zero-order chi connectivity index (χ0) is 15.5. The summed E-state index contributed by atoms with van der Waals surface area (Å²) in [5, 5.41) is 11.0. The fourth-order valence-electron chi connectivity index (χ4n) is 2.06. The molecule has 0 atom stereocenters. The molecule has 0 radical (unpaired) electrons. The third-order valence-electron chi connectivity index (χ3n) is 3.16. The van der Waals surface area contributed by atoms with Gasteiger partial charge in [-0.05, 0) is 11.6 Å². The second kappa shape index (κ2) is 5.98. The fourth-order valence-corrected chi connectivity index (χ4v) is 2.27. The summed E-state index contributed by atoms with van der Waals surface area (Å²) in [7, 11) is 0. The lowest BCUT2D eigenvalue weighted by Gasteiger charge is -2.05. The van der Waals surface area contributed by atoms with E-state index in [4.69, 9.17) is 11.6 Å². The molecule has 22 heavy (non-hydrogen) atoms. The first-order valence-electron chi connectivity index (χ1n) is 6.56. The molecule has 112 valence electrons. The number of H-pyrrole nitrogens is 1. The largest absolute Gasteiger partial charge is 0.348 e. The van der Waals surface area contributed by atoms with Gasteiger partial charge in [-0.15, -0.1) is 10.2 Å². The van der Waals surface area contributed by atoms with Crippen LogP contribution in [0.2, 0.25) is 5.02 Å².